The van der Waals surface area contributed by atoms with Crippen LogP contribution in [-0.2, 0) is 16.4 Å². The maximum Gasteiger partial charge on any atom is 0.168 e. The SMILES string of the molecule is CCCC[C@@H](CC)CNC(=S)N(C)Cc1c(C)nn([C@@H]2CCS(=O)(=O)C2)c1C. The number of hydrogen-bond acceptors (Lipinski definition) is 4. The monoisotopic (exact) mass is 428 g/mol. The number of nitrogens with zero attached hydrogens (tertiary/aromatic N) is 3. The minimum Gasteiger partial charge on any atom is -0.362 e. The highest BCUT2D eigenvalue weighted by Crippen LogP contribution is 2.27. The van der Waals surface area contributed by atoms with Crippen molar-refractivity contribution in [2.45, 2.75) is 72.4 Å². The average molecular weight is 429 g/mol. The Bertz CT molecular complexity index is 773. The van der Waals surface area contributed by atoms with Crippen molar-refractivity contribution in [2.24, 2.45) is 5.92 Å². The summed E-state index contributed by atoms with van der Waals surface area (Å²) in [6, 6.07) is -0.0447. The highest BCUT2D eigenvalue weighted by molar-refractivity contribution is 7.91. The molecule has 2 rings (SSSR count). The van der Waals surface area contributed by atoms with Crippen LogP contribution in [0.25, 0.3) is 0 Å². The molecular formula is C20H36N4O2S2. The lowest BCUT2D eigenvalue weighted by Crippen LogP contribution is -2.39. The molecule has 1 aliphatic heterocycles. The maximum absolute atomic E-state index is 11.8. The van der Waals surface area contributed by atoms with Crippen LogP contribution in [0, 0.1) is 19.8 Å². The normalized spacial score (nSPS) is 19.5. The van der Waals surface area contributed by atoms with Crippen LogP contribution in [-0.4, -0.2) is 53.3 Å². The molecule has 160 valence electrons. The zero-order valence-corrected chi connectivity index (χ0v) is 19.6. The molecule has 0 saturated carbocycles. The molecule has 2 heterocycles. The van der Waals surface area contributed by atoms with E-state index in [-0.39, 0.29) is 17.5 Å². The van der Waals surface area contributed by atoms with Crippen molar-refractivity contribution in [3.8, 4) is 0 Å². The largest absolute Gasteiger partial charge is 0.362 e. The van der Waals surface area contributed by atoms with E-state index in [4.69, 9.17) is 12.2 Å². The van der Waals surface area contributed by atoms with Crippen LogP contribution in [0.3, 0.4) is 0 Å². The molecule has 28 heavy (non-hydrogen) atoms. The van der Waals surface area contributed by atoms with Gasteiger partial charge in [0, 0.05) is 31.4 Å². The number of rotatable bonds is 9. The van der Waals surface area contributed by atoms with Crippen LogP contribution in [0.5, 0.6) is 0 Å². The summed E-state index contributed by atoms with van der Waals surface area (Å²) in [6.45, 7) is 10.1. The number of aryl methyl sites for hydroxylation is 1. The van der Waals surface area contributed by atoms with E-state index < -0.39 is 9.84 Å². The van der Waals surface area contributed by atoms with Crippen molar-refractivity contribution in [1.82, 2.24) is 20.0 Å². The summed E-state index contributed by atoms with van der Waals surface area (Å²) in [5.41, 5.74) is 3.13. The van der Waals surface area contributed by atoms with E-state index in [0.717, 1.165) is 35.0 Å². The molecule has 8 heteroatoms. The molecule has 1 aromatic rings. The van der Waals surface area contributed by atoms with Gasteiger partial charge in [-0.2, -0.15) is 5.10 Å². The molecular weight excluding hydrogens is 392 g/mol. The first kappa shape index (κ1) is 23.1. The number of unbranched alkanes of at least 4 members (excludes halogenated alkanes) is 1. The first-order chi connectivity index (χ1) is 13.2. The highest BCUT2D eigenvalue weighted by atomic mass is 32.2. The van der Waals surface area contributed by atoms with E-state index >= 15 is 0 Å². The summed E-state index contributed by atoms with van der Waals surface area (Å²) in [4.78, 5) is 2.05. The molecule has 0 aliphatic carbocycles. The number of sulfone groups is 1. The molecule has 1 fully saturated rings. The molecule has 1 aromatic heterocycles. The zero-order chi connectivity index (χ0) is 20.9. The number of thiocarbonyl (C=S) groups is 1. The van der Waals surface area contributed by atoms with Crippen molar-refractivity contribution in [2.75, 3.05) is 25.1 Å². The Morgan fingerprint density at radius 1 is 1.39 bits per heavy atom. The van der Waals surface area contributed by atoms with Gasteiger partial charge in [0.1, 0.15) is 0 Å². The van der Waals surface area contributed by atoms with Gasteiger partial charge in [0.25, 0.3) is 0 Å². The Hall–Kier alpha value is -1.15. The molecule has 1 N–H and O–H groups in total. The van der Waals surface area contributed by atoms with E-state index in [1.165, 1.54) is 19.3 Å². The fraction of sp³-hybridized carbons (Fsp3) is 0.800. The zero-order valence-electron chi connectivity index (χ0n) is 18.0. The second kappa shape index (κ2) is 10.1. The van der Waals surface area contributed by atoms with Crippen LogP contribution >= 0.6 is 12.2 Å². The Kier molecular flexibility index (Phi) is 8.30. The molecule has 1 saturated heterocycles. The predicted molar refractivity (Wildman–Crippen MR) is 119 cm³/mol. The third kappa shape index (κ3) is 5.92. The van der Waals surface area contributed by atoms with E-state index in [2.05, 4.69) is 29.2 Å². The molecule has 0 amide bonds. The van der Waals surface area contributed by atoms with E-state index in [1.54, 1.807) is 0 Å². The molecule has 2 atom stereocenters. The highest BCUT2D eigenvalue weighted by Gasteiger charge is 2.31. The lowest BCUT2D eigenvalue weighted by atomic mass is 9.99. The van der Waals surface area contributed by atoms with Gasteiger partial charge in [0.2, 0.25) is 0 Å². The molecule has 0 unspecified atom stereocenters. The van der Waals surface area contributed by atoms with Crippen LogP contribution in [0.4, 0.5) is 0 Å². The number of nitrogens with one attached hydrogen (secondary N) is 1. The van der Waals surface area contributed by atoms with Gasteiger partial charge in [-0.05, 0) is 44.8 Å². The lowest BCUT2D eigenvalue weighted by molar-refractivity contribution is 0.426. The van der Waals surface area contributed by atoms with Gasteiger partial charge in [0.15, 0.2) is 14.9 Å². The summed E-state index contributed by atoms with van der Waals surface area (Å²) in [7, 11) is -0.929. The van der Waals surface area contributed by atoms with E-state index in [0.29, 0.717) is 18.9 Å². The molecule has 0 bridgehead atoms. The molecule has 0 spiro atoms. The molecule has 1 aliphatic rings. The Balaban J connectivity index is 1.98. The predicted octanol–water partition coefficient (Wildman–Crippen LogP) is 3.38. The van der Waals surface area contributed by atoms with Gasteiger partial charge < -0.3 is 10.2 Å². The quantitative estimate of drug-likeness (QED) is 0.608. The van der Waals surface area contributed by atoms with Crippen molar-refractivity contribution >= 4 is 27.2 Å². The minimum absolute atomic E-state index is 0.0447. The average Bonchev–Trinajstić information content (AvgIpc) is 3.14. The van der Waals surface area contributed by atoms with Crippen molar-refractivity contribution in [1.29, 1.82) is 0 Å². The fourth-order valence-electron chi connectivity index (χ4n) is 3.87. The standard InChI is InChI=1S/C20H36N4O2S2/c1-6-8-9-17(7-2)12-21-20(27)23(5)13-19-15(3)22-24(16(19)4)18-10-11-28(25,26)14-18/h17-18H,6-14H2,1-5H3,(H,21,27)/t17-,18-/m1/s1. The van der Waals surface area contributed by atoms with Crippen LogP contribution in [0.2, 0.25) is 0 Å². The molecule has 0 aromatic carbocycles. The van der Waals surface area contributed by atoms with Crippen molar-refractivity contribution in [3.05, 3.63) is 17.0 Å². The van der Waals surface area contributed by atoms with Crippen molar-refractivity contribution < 1.29 is 8.42 Å². The second-order valence-electron chi connectivity index (χ2n) is 8.11. The summed E-state index contributed by atoms with van der Waals surface area (Å²) < 4.78 is 25.6. The van der Waals surface area contributed by atoms with Gasteiger partial charge in [-0.25, -0.2) is 8.42 Å². The minimum atomic E-state index is -2.93. The van der Waals surface area contributed by atoms with Gasteiger partial charge in [-0.15, -0.1) is 0 Å². The Morgan fingerprint density at radius 2 is 2.11 bits per heavy atom. The lowest BCUT2D eigenvalue weighted by Gasteiger charge is -2.24. The second-order valence-corrected chi connectivity index (χ2v) is 10.7. The van der Waals surface area contributed by atoms with Crippen molar-refractivity contribution in [3.63, 3.8) is 0 Å². The van der Waals surface area contributed by atoms with Crippen LogP contribution < -0.4 is 5.32 Å². The summed E-state index contributed by atoms with van der Waals surface area (Å²) in [6.07, 6.45) is 5.54. The Labute approximate surface area is 176 Å². The third-order valence-electron chi connectivity index (χ3n) is 5.86. The van der Waals surface area contributed by atoms with Crippen LogP contribution in [0.15, 0.2) is 0 Å². The first-order valence-electron chi connectivity index (χ1n) is 10.4. The smallest absolute Gasteiger partial charge is 0.168 e. The summed E-state index contributed by atoms with van der Waals surface area (Å²) in [5.74, 6) is 1.11. The van der Waals surface area contributed by atoms with E-state index in [9.17, 15) is 8.42 Å². The number of aromatic nitrogens is 2. The Morgan fingerprint density at radius 3 is 2.68 bits per heavy atom. The number of hydrogen-bond donors (Lipinski definition) is 1. The molecule has 6 nitrogen and oxygen atoms in total. The van der Waals surface area contributed by atoms with Gasteiger partial charge in [0.05, 0.1) is 23.2 Å². The maximum atomic E-state index is 11.8. The summed E-state index contributed by atoms with van der Waals surface area (Å²) in [5, 5.41) is 8.83. The topological polar surface area (TPSA) is 67.2 Å². The van der Waals surface area contributed by atoms with E-state index in [1.807, 2.05) is 25.6 Å². The summed E-state index contributed by atoms with van der Waals surface area (Å²) >= 11 is 5.59. The van der Waals surface area contributed by atoms with Gasteiger partial charge >= 0.3 is 0 Å². The fourth-order valence-corrected chi connectivity index (χ4v) is 5.71. The third-order valence-corrected chi connectivity index (χ3v) is 8.06. The molecule has 0 radical (unpaired) electrons. The van der Waals surface area contributed by atoms with Gasteiger partial charge in [-0.1, -0.05) is 33.1 Å². The van der Waals surface area contributed by atoms with Crippen LogP contribution in [0.1, 0.15) is 68.9 Å². The first-order valence-corrected chi connectivity index (χ1v) is 12.6. The van der Waals surface area contributed by atoms with Gasteiger partial charge in [-0.3, -0.25) is 4.68 Å².